The summed E-state index contributed by atoms with van der Waals surface area (Å²) in [5, 5.41) is 11.7. The Morgan fingerprint density at radius 3 is 2.37 bits per heavy atom. The lowest BCUT2D eigenvalue weighted by Gasteiger charge is -2.23. The van der Waals surface area contributed by atoms with Gasteiger partial charge in [-0.05, 0) is 20.3 Å². The Labute approximate surface area is 112 Å². The van der Waals surface area contributed by atoms with Crippen LogP contribution in [0.15, 0.2) is 0 Å². The number of hydrogen-bond acceptors (Lipinski definition) is 3. The van der Waals surface area contributed by atoms with Gasteiger partial charge in [0.05, 0.1) is 5.41 Å². The zero-order valence-electron chi connectivity index (χ0n) is 11.8. The number of aliphatic carboxylic acids is 1. The quantitative estimate of drug-likeness (QED) is 0.754. The summed E-state index contributed by atoms with van der Waals surface area (Å²) in [6.07, 6.45) is 0.422. The van der Waals surface area contributed by atoms with Crippen LogP contribution in [0, 0.1) is 5.41 Å². The van der Waals surface area contributed by atoms with Crippen molar-refractivity contribution in [1.82, 2.24) is 15.1 Å². The van der Waals surface area contributed by atoms with Crippen molar-refractivity contribution in [2.75, 3.05) is 27.2 Å². The van der Waals surface area contributed by atoms with Gasteiger partial charge in [-0.2, -0.15) is 0 Å². The molecule has 2 atom stereocenters. The Morgan fingerprint density at radius 2 is 1.95 bits per heavy atom. The normalized spacial score (nSPS) is 23.9. The van der Waals surface area contributed by atoms with Gasteiger partial charge in [0, 0.05) is 27.2 Å². The maximum absolute atomic E-state index is 11.9. The second-order valence-corrected chi connectivity index (χ2v) is 5.44. The second-order valence-electron chi connectivity index (χ2n) is 5.44. The Kier molecular flexibility index (Phi) is 4.39. The lowest BCUT2D eigenvalue weighted by molar-refractivity contribution is -0.147. The maximum Gasteiger partial charge on any atom is 0.318 e. The van der Waals surface area contributed by atoms with Crippen LogP contribution in [-0.4, -0.2) is 66.0 Å². The van der Waals surface area contributed by atoms with Crippen LogP contribution in [-0.2, 0) is 9.59 Å². The molecule has 0 bridgehead atoms. The fourth-order valence-electron chi connectivity index (χ4n) is 2.03. The first kappa shape index (κ1) is 15.3. The summed E-state index contributed by atoms with van der Waals surface area (Å²) in [5.41, 5.74) is -0.897. The lowest BCUT2D eigenvalue weighted by atomic mass is 9.90. The molecule has 0 saturated carbocycles. The molecule has 1 aliphatic heterocycles. The number of carboxylic acids is 1. The second kappa shape index (κ2) is 5.46. The van der Waals surface area contributed by atoms with Gasteiger partial charge in [-0.3, -0.25) is 9.59 Å². The number of carboxylic acid groups (broad SMARTS) is 1. The summed E-state index contributed by atoms with van der Waals surface area (Å²) >= 11 is 0. The predicted molar refractivity (Wildman–Crippen MR) is 68.6 cm³/mol. The van der Waals surface area contributed by atoms with Crippen LogP contribution >= 0.6 is 0 Å². The molecule has 2 N–H and O–H groups in total. The van der Waals surface area contributed by atoms with Gasteiger partial charge >= 0.3 is 12.0 Å². The molecular weight excluding hydrogens is 250 g/mol. The molecule has 1 heterocycles. The first-order valence-corrected chi connectivity index (χ1v) is 6.17. The molecule has 2 unspecified atom stereocenters. The van der Waals surface area contributed by atoms with Gasteiger partial charge in [-0.1, -0.05) is 0 Å². The van der Waals surface area contributed by atoms with E-state index in [1.165, 1.54) is 9.80 Å². The first-order valence-electron chi connectivity index (χ1n) is 6.17. The van der Waals surface area contributed by atoms with E-state index in [-0.39, 0.29) is 12.5 Å². The molecule has 0 aromatic rings. The van der Waals surface area contributed by atoms with Crippen LogP contribution in [0.3, 0.4) is 0 Å². The fourth-order valence-corrected chi connectivity index (χ4v) is 2.03. The highest BCUT2D eigenvalue weighted by molar-refractivity contribution is 5.87. The van der Waals surface area contributed by atoms with Crippen LogP contribution in [0.1, 0.15) is 20.3 Å². The highest BCUT2D eigenvalue weighted by atomic mass is 16.4. The molecular formula is C12H21N3O4. The summed E-state index contributed by atoms with van der Waals surface area (Å²) in [6.45, 7) is 3.78. The van der Waals surface area contributed by atoms with Crippen LogP contribution in [0.2, 0.25) is 0 Å². The van der Waals surface area contributed by atoms with Crippen molar-refractivity contribution in [2.45, 2.75) is 26.3 Å². The molecule has 19 heavy (non-hydrogen) atoms. The van der Waals surface area contributed by atoms with Crippen LogP contribution < -0.4 is 5.32 Å². The summed E-state index contributed by atoms with van der Waals surface area (Å²) in [5.74, 6) is -1.10. The molecule has 108 valence electrons. The summed E-state index contributed by atoms with van der Waals surface area (Å²) in [4.78, 5) is 37.5. The van der Waals surface area contributed by atoms with Crippen molar-refractivity contribution < 1.29 is 19.5 Å². The number of likely N-dealkylation sites (tertiary alicyclic amines) is 1. The van der Waals surface area contributed by atoms with E-state index in [1.54, 1.807) is 27.9 Å². The van der Waals surface area contributed by atoms with Crippen molar-refractivity contribution in [3.63, 3.8) is 0 Å². The summed E-state index contributed by atoms with van der Waals surface area (Å²) in [6, 6.07) is -1.02. The number of nitrogens with zero attached hydrogens (tertiary/aromatic N) is 2. The Balaban J connectivity index is 2.57. The fraction of sp³-hybridized carbons (Fsp3) is 0.750. The maximum atomic E-state index is 11.9. The highest BCUT2D eigenvalue weighted by Crippen LogP contribution is 2.29. The van der Waals surface area contributed by atoms with E-state index in [0.717, 1.165) is 0 Å². The zero-order chi connectivity index (χ0) is 14.8. The number of urea groups is 1. The largest absolute Gasteiger partial charge is 0.481 e. The minimum atomic E-state index is -0.903. The van der Waals surface area contributed by atoms with Crippen LogP contribution in [0.25, 0.3) is 0 Å². The molecule has 0 radical (unpaired) electrons. The van der Waals surface area contributed by atoms with Gasteiger partial charge in [-0.15, -0.1) is 0 Å². The number of carbonyl (C=O) groups excluding carboxylic acids is 2. The molecule has 0 aliphatic carbocycles. The van der Waals surface area contributed by atoms with E-state index in [4.69, 9.17) is 5.11 Å². The van der Waals surface area contributed by atoms with Crippen molar-refractivity contribution in [1.29, 1.82) is 0 Å². The standard InChI is InChI=1S/C12H21N3O4/c1-8(9(16)14(3)4)13-11(19)15-6-5-12(2,7-15)10(17)18/h8H,5-7H2,1-4H3,(H,13,19)(H,17,18). The number of hydrogen-bond donors (Lipinski definition) is 2. The molecule has 0 aromatic heterocycles. The van der Waals surface area contributed by atoms with Crippen molar-refractivity contribution in [2.24, 2.45) is 5.41 Å². The number of amides is 3. The number of likely N-dealkylation sites (N-methyl/N-ethyl adjacent to an activating group) is 1. The topological polar surface area (TPSA) is 90.0 Å². The molecule has 1 saturated heterocycles. The molecule has 0 spiro atoms. The van der Waals surface area contributed by atoms with Crippen molar-refractivity contribution in [3.05, 3.63) is 0 Å². The molecule has 1 fully saturated rings. The number of rotatable bonds is 3. The summed E-state index contributed by atoms with van der Waals surface area (Å²) < 4.78 is 0. The van der Waals surface area contributed by atoms with Crippen LogP contribution in [0.5, 0.6) is 0 Å². The highest BCUT2D eigenvalue weighted by Gasteiger charge is 2.42. The average Bonchev–Trinajstić information content (AvgIpc) is 2.72. The smallest absolute Gasteiger partial charge is 0.318 e. The molecule has 1 aliphatic rings. The van der Waals surface area contributed by atoms with Crippen molar-refractivity contribution in [3.8, 4) is 0 Å². The molecule has 1 rings (SSSR count). The third-order valence-electron chi connectivity index (χ3n) is 3.43. The third-order valence-corrected chi connectivity index (χ3v) is 3.43. The Hall–Kier alpha value is -1.79. The minimum Gasteiger partial charge on any atom is -0.481 e. The van der Waals surface area contributed by atoms with Gasteiger partial charge in [0.25, 0.3) is 0 Å². The zero-order valence-corrected chi connectivity index (χ0v) is 11.8. The lowest BCUT2D eigenvalue weighted by Crippen LogP contribution is -2.49. The van der Waals surface area contributed by atoms with Gasteiger partial charge in [0.15, 0.2) is 0 Å². The first-order chi connectivity index (χ1) is 8.67. The van der Waals surface area contributed by atoms with E-state index < -0.39 is 23.5 Å². The number of nitrogens with one attached hydrogen (secondary N) is 1. The van der Waals surface area contributed by atoms with Gasteiger partial charge in [0.1, 0.15) is 6.04 Å². The molecule has 0 aromatic carbocycles. The van der Waals surface area contributed by atoms with Gasteiger partial charge < -0.3 is 20.2 Å². The molecule has 7 heteroatoms. The van der Waals surface area contributed by atoms with E-state index in [0.29, 0.717) is 13.0 Å². The SMILES string of the molecule is CC(NC(=O)N1CCC(C)(C(=O)O)C1)C(=O)N(C)C. The van der Waals surface area contributed by atoms with E-state index in [9.17, 15) is 14.4 Å². The number of carbonyl (C=O) groups is 3. The van der Waals surface area contributed by atoms with E-state index in [1.807, 2.05) is 0 Å². The molecule has 3 amide bonds. The molecule has 7 nitrogen and oxygen atoms in total. The Morgan fingerprint density at radius 1 is 1.37 bits per heavy atom. The van der Waals surface area contributed by atoms with Crippen molar-refractivity contribution >= 4 is 17.9 Å². The average molecular weight is 271 g/mol. The monoisotopic (exact) mass is 271 g/mol. The van der Waals surface area contributed by atoms with Crippen LogP contribution in [0.4, 0.5) is 4.79 Å². The third kappa shape index (κ3) is 3.36. The van der Waals surface area contributed by atoms with E-state index >= 15 is 0 Å². The predicted octanol–water partition coefficient (Wildman–Crippen LogP) is -0.0307. The Bertz CT molecular complexity index is 396. The summed E-state index contributed by atoms with van der Waals surface area (Å²) in [7, 11) is 3.23. The minimum absolute atomic E-state index is 0.164. The van der Waals surface area contributed by atoms with E-state index in [2.05, 4.69) is 5.32 Å². The van der Waals surface area contributed by atoms with Gasteiger partial charge in [-0.25, -0.2) is 4.79 Å². The van der Waals surface area contributed by atoms with Gasteiger partial charge in [0.2, 0.25) is 5.91 Å².